The molecule has 2 heteroatoms. The lowest BCUT2D eigenvalue weighted by Gasteiger charge is -2.46. The van der Waals surface area contributed by atoms with E-state index in [9.17, 15) is 0 Å². The molecule has 2 nitrogen and oxygen atoms in total. The molecule has 0 spiro atoms. The normalized spacial score (nSPS) is 30.4. The third-order valence-electron chi connectivity index (χ3n) is 5.85. The van der Waals surface area contributed by atoms with Gasteiger partial charge in [-0.25, -0.2) is 0 Å². The van der Waals surface area contributed by atoms with E-state index in [0.717, 1.165) is 24.0 Å². The van der Waals surface area contributed by atoms with Crippen molar-refractivity contribution in [1.82, 2.24) is 10.2 Å². The molecular formula is C19H38N2. The van der Waals surface area contributed by atoms with Gasteiger partial charge in [0.25, 0.3) is 0 Å². The van der Waals surface area contributed by atoms with E-state index in [1.165, 1.54) is 77.3 Å². The summed E-state index contributed by atoms with van der Waals surface area (Å²) in [6, 6.07) is 2.32. The van der Waals surface area contributed by atoms with Crippen LogP contribution in [0.5, 0.6) is 0 Å². The smallest absolute Gasteiger partial charge is 0.0224 e. The highest BCUT2D eigenvalue weighted by atomic mass is 15.3. The Bertz CT molecular complexity index is 273. The van der Waals surface area contributed by atoms with Gasteiger partial charge in [-0.15, -0.1) is 0 Å². The number of unbranched alkanes of at least 4 members (excludes halogenated alkanes) is 1. The van der Waals surface area contributed by atoms with E-state index >= 15 is 0 Å². The van der Waals surface area contributed by atoms with Gasteiger partial charge in [0.1, 0.15) is 0 Å². The van der Waals surface area contributed by atoms with Crippen LogP contribution >= 0.6 is 0 Å². The fourth-order valence-electron chi connectivity index (χ4n) is 4.52. The van der Waals surface area contributed by atoms with Crippen LogP contribution in [0.1, 0.15) is 85.0 Å². The van der Waals surface area contributed by atoms with Crippen LogP contribution in [-0.2, 0) is 0 Å². The summed E-state index contributed by atoms with van der Waals surface area (Å²) in [5.74, 6) is 0.946. The Hall–Kier alpha value is -0.0800. The number of nitrogens with one attached hydrogen (secondary N) is 1. The number of rotatable bonds is 7. The number of hydrogen-bond donors (Lipinski definition) is 1. The fourth-order valence-corrected chi connectivity index (χ4v) is 4.52. The van der Waals surface area contributed by atoms with Crippen molar-refractivity contribution in [3.63, 3.8) is 0 Å². The van der Waals surface area contributed by atoms with E-state index in [4.69, 9.17) is 0 Å². The maximum Gasteiger partial charge on any atom is 0.0224 e. The molecule has 3 unspecified atom stereocenters. The molecule has 1 saturated carbocycles. The quantitative estimate of drug-likeness (QED) is 0.739. The summed E-state index contributed by atoms with van der Waals surface area (Å²) in [7, 11) is 0. The zero-order chi connectivity index (χ0) is 15.1. The van der Waals surface area contributed by atoms with Crippen molar-refractivity contribution in [3.8, 4) is 0 Å². The maximum absolute atomic E-state index is 3.88. The summed E-state index contributed by atoms with van der Waals surface area (Å²) >= 11 is 0. The highest BCUT2D eigenvalue weighted by Crippen LogP contribution is 2.30. The average molecular weight is 295 g/mol. The highest BCUT2D eigenvalue weighted by Gasteiger charge is 2.33. The molecule has 1 heterocycles. The monoisotopic (exact) mass is 294 g/mol. The minimum Gasteiger partial charge on any atom is -0.311 e. The molecule has 0 bridgehead atoms. The summed E-state index contributed by atoms with van der Waals surface area (Å²) in [5, 5.41) is 3.88. The van der Waals surface area contributed by atoms with Crippen LogP contribution in [0.15, 0.2) is 0 Å². The van der Waals surface area contributed by atoms with Crippen molar-refractivity contribution in [1.29, 1.82) is 0 Å². The van der Waals surface area contributed by atoms with Crippen molar-refractivity contribution >= 4 is 0 Å². The van der Waals surface area contributed by atoms with Gasteiger partial charge in [0, 0.05) is 31.2 Å². The molecule has 0 aromatic carbocycles. The molecule has 0 radical (unpaired) electrons. The second kappa shape index (κ2) is 9.15. The molecule has 1 saturated heterocycles. The predicted molar refractivity (Wildman–Crippen MR) is 92.8 cm³/mol. The predicted octanol–water partition coefficient (Wildman–Crippen LogP) is 4.59. The molecule has 2 fully saturated rings. The summed E-state index contributed by atoms with van der Waals surface area (Å²) in [4.78, 5) is 2.87. The molecule has 1 N–H and O–H groups in total. The zero-order valence-corrected chi connectivity index (χ0v) is 14.7. The largest absolute Gasteiger partial charge is 0.311 e. The molecule has 0 aromatic rings. The van der Waals surface area contributed by atoms with E-state index in [-0.39, 0.29) is 0 Å². The standard InChI is InChI=1S/C19H38N2/c1-4-6-13-18(10-5-2)21-15-19(20-14-16(21)3)17-11-8-7-9-12-17/h16-20H,4-15H2,1-3H3. The van der Waals surface area contributed by atoms with Crippen molar-refractivity contribution in [2.45, 2.75) is 103 Å². The Balaban J connectivity index is 1.94. The molecule has 1 aliphatic carbocycles. The molecule has 3 atom stereocenters. The Morgan fingerprint density at radius 3 is 2.48 bits per heavy atom. The van der Waals surface area contributed by atoms with Gasteiger partial charge in [0.2, 0.25) is 0 Å². The fraction of sp³-hybridized carbons (Fsp3) is 1.00. The topological polar surface area (TPSA) is 15.3 Å². The SMILES string of the molecule is CCCCC(CCC)N1CC(C2CCCCC2)NCC1C. The first kappa shape index (κ1) is 17.3. The van der Waals surface area contributed by atoms with Gasteiger partial charge < -0.3 is 5.32 Å². The number of piperazine rings is 1. The van der Waals surface area contributed by atoms with Crippen molar-refractivity contribution in [3.05, 3.63) is 0 Å². The van der Waals surface area contributed by atoms with Gasteiger partial charge in [-0.3, -0.25) is 4.90 Å². The van der Waals surface area contributed by atoms with E-state index < -0.39 is 0 Å². The molecule has 2 aliphatic rings. The Labute approximate surface area is 133 Å². The van der Waals surface area contributed by atoms with Gasteiger partial charge in [0.15, 0.2) is 0 Å². The summed E-state index contributed by atoms with van der Waals surface area (Å²) in [6.45, 7) is 9.62. The zero-order valence-electron chi connectivity index (χ0n) is 14.7. The van der Waals surface area contributed by atoms with Crippen LogP contribution in [0.4, 0.5) is 0 Å². The van der Waals surface area contributed by atoms with Crippen molar-refractivity contribution in [2.24, 2.45) is 5.92 Å². The highest BCUT2D eigenvalue weighted by molar-refractivity contribution is 4.91. The molecule has 0 amide bonds. The minimum atomic E-state index is 0.721. The van der Waals surface area contributed by atoms with Gasteiger partial charge in [-0.2, -0.15) is 0 Å². The first-order valence-electron chi connectivity index (χ1n) is 9.75. The third-order valence-corrected chi connectivity index (χ3v) is 5.85. The van der Waals surface area contributed by atoms with Crippen LogP contribution in [0, 0.1) is 5.92 Å². The lowest BCUT2D eigenvalue weighted by Crippen LogP contribution is -2.60. The van der Waals surface area contributed by atoms with E-state index in [1.54, 1.807) is 0 Å². The maximum atomic E-state index is 3.88. The first-order chi connectivity index (χ1) is 10.3. The van der Waals surface area contributed by atoms with Crippen LogP contribution in [0.2, 0.25) is 0 Å². The van der Waals surface area contributed by atoms with Crippen LogP contribution in [0.3, 0.4) is 0 Å². The Morgan fingerprint density at radius 2 is 1.81 bits per heavy atom. The van der Waals surface area contributed by atoms with Gasteiger partial charge >= 0.3 is 0 Å². The van der Waals surface area contributed by atoms with Gasteiger partial charge in [-0.05, 0) is 38.5 Å². The first-order valence-corrected chi connectivity index (χ1v) is 9.75. The Morgan fingerprint density at radius 1 is 1.05 bits per heavy atom. The molecule has 124 valence electrons. The third kappa shape index (κ3) is 4.96. The van der Waals surface area contributed by atoms with E-state index in [0.29, 0.717) is 0 Å². The van der Waals surface area contributed by atoms with Crippen molar-refractivity contribution < 1.29 is 0 Å². The van der Waals surface area contributed by atoms with Crippen molar-refractivity contribution in [2.75, 3.05) is 13.1 Å². The second-order valence-corrected chi connectivity index (χ2v) is 7.54. The van der Waals surface area contributed by atoms with Gasteiger partial charge in [0.05, 0.1) is 0 Å². The van der Waals surface area contributed by atoms with Crippen LogP contribution < -0.4 is 5.32 Å². The molecular weight excluding hydrogens is 256 g/mol. The average Bonchev–Trinajstić information content (AvgIpc) is 2.53. The van der Waals surface area contributed by atoms with Crippen LogP contribution in [0.25, 0.3) is 0 Å². The van der Waals surface area contributed by atoms with E-state index in [1.807, 2.05) is 0 Å². The summed E-state index contributed by atoms with van der Waals surface area (Å²) in [5.41, 5.74) is 0. The lowest BCUT2D eigenvalue weighted by molar-refractivity contribution is 0.0570. The summed E-state index contributed by atoms with van der Waals surface area (Å²) in [6.07, 6.45) is 14.2. The summed E-state index contributed by atoms with van der Waals surface area (Å²) < 4.78 is 0. The lowest BCUT2D eigenvalue weighted by atomic mass is 9.82. The molecule has 1 aliphatic heterocycles. The van der Waals surface area contributed by atoms with E-state index in [2.05, 4.69) is 31.0 Å². The number of hydrogen-bond acceptors (Lipinski definition) is 2. The minimum absolute atomic E-state index is 0.721. The second-order valence-electron chi connectivity index (χ2n) is 7.54. The number of nitrogens with zero attached hydrogens (tertiary/aromatic N) is 1. The molecule has 2 rings (SSSR count). The van der Waals surface area contributed by atoms with Gasteiger partial charge in [-0.1, -0.05) is 52.4 Å². The molecule has 0 aromatic heterocycles. The van der Waals surface area contributed by atoms with Crippen LogP contribution in [-0.4, -0.2) is 36.1 Å². The molecule has 21 heavy (non-hydrogen) atoms. The Kier molecular flexibility index (Phi) is 7.53.